The first kappa shape index (κ1) is 16.2. The van der Waals surface area contributed by atoms with E-state index in [1.165, 1.54) is 18.9 Å². The minimum atomic E-state index is -3.77. The summed E-state index contributed by atoms with van der Waals surface area (Å²) >= 11 is 0. The predicted octanol–water partition coefficient (Wildman–Crippen LogP) is -0.188. The number of nitrogens with zero attached hydrogens (tertiary/aromatic N) is 2. The van der Waals surface area contributed by atoms with E-state index in [2.05, 4.69) is 4.98 Å². The number of hydrogen-bond donors (Lipinski definition) is 2. The maximum Gasteiger partial charge on any atom is 0.352 e. The van der Waals surface area contributed by atoms with Gasteiger partial charge in [0.15, 0.2) is 0 Å². The van der Waals surface area contributed by atoms with E-state index in [-0.39, 0.29) is 29.6 Å². The predicted molar refractivity (Wildman–Crippen MR) is 70.9 cm³/mol. The van der Waals surface area contributed by atoms with E-state index in [4.69, 9.17) is 5.11 Å². The molecule has 0 saturated carbocycles. The van der Waals surface area contributed by atoms with Crippen molar-refractivity contribution >= 4 is 21.9 Å². The first-order chi connectivity index (χ1) is 9.16. The summed E-state index contributed by atoms with van der Waals surface area (Å²) in [6, 6.07) is 1.06. The Hall–Kier alpha value is -1.87. The molecule has 0 aliphatic rings. The van der Waals surface area contributed by atoms with Crippen molar-refractivity contribution in [2.24, 2.45) is 0 Å². The molecule has 8 nitrogen and oxygen atoms in total. The van der Waals surface area contributed by atoms with Gasteiger partial charge in [0.05, 0.1) is 0 Å². The number of hydrogen-bond acceptors (Lipinski definition) is 4. The summed E-state index contributed by atoms with van der Waals surface area (Å²) in [6.07, 6.45) is 1.13. The van der Waals surface area contributed by atoms with Crippen molar-refractivity contribution < 1.29 is 23.1 Å². The molecule has 0 fully saturated rings. The molecule has 0 bridgehead atoms. The first-order valence-electron chi connectivity index (χ1n) is 5.76. The van der Waals surface area contributed by atoms with Gasteiger partial charge in [-0.3, -0.25) is 4.79 Å². The van der Waals surface area contributed by atoms with E-state index >= 15 is 0 Å². The molecule has 0 unspecified atom stereocenters. The van der Waals surface area contributed by atoms with Crippen LogP contribution in [-0.2, 0) is 14.8 Å². The molecule has 1 amide bonds. The molecule has 0 saturated heterocycles. The SMILES string of the molecule is CC(=O)N(C)CCN(C)S(=O)(=O)c1c[nH]c(C(=O)O)c1. The number of nitrogens with one attached hydrogen (secondary N) is 1. The lowest BCUT2D eigenvalue weighted by atomic mass is 10.4. The molecular formula is C11H17N3O5S. The summed E-state index contributed by atoms with van der Waals surface area (Å²) in [5.41, 5.74) is -0.196. The van der Waals surface area contributed by atoms with E-state index in [1.54, 1.807) is 7.05 Å². The number of rotatable bonds is 6. The lowest BCUT2D eigenvalue weighted by Crippen LogP contribution is -2.36. The minimum absolute atomic E-state index is 0.117. The van der Waals surface area contributed by atoms with Gasteiger partial charge in [-0.05, 0) is 6.07 Å². The van der Waals surface area contributed by atoms with Gasteiger partial charge in [0, 0.05) is 40.3 Å². The minimum Gasteiger partial charge on any atom is -0.477 e. The van der Waals surface area contributed by atoms with Crippen molar-refractivity contribution in [3.63, 3.8) is 0 Å². The summed E-state index contributed by atoms with van der Waals surface area (Å²) in [5, 5.41) is 8.76. The number of carbonyl (C=O) groups is 2. The largest absolute Gasteiger partial charge is 0.477 e. The van der Waals surface area contributed by atoms with Crippen LogP contribution in [0.1, 0.15) is 17.4 Å². The number of H-pyrrole nitrogens is 1. The van der Waals surface area contributed by atoms with Gasteiger partial charge < -0.3 is 15.0 Å². The molecule has 1 rings (SSSR count). The van der Waals surface area contributed by atoms with Crippen LogP contribution in [0.2, 0.25) is 0 Å². The fraction of sp³-hybridized carbons (Fsp3) is 0.455. The molecule has 0 radical (unpaired) electrons. The summed E-state index contributed by atoms with van der Waals surface area (Å²) in [4.78, 5) is 25.4. The first-order valence-corrected chi connectivity index (χ1v) is 7.20. The third kappa shape index (κ3) is 3.58. The smallest absolute Gasteiger partial charge is 0.352 e. The molecule has 0 spiro atoms. The number of sulfonamides is 1. The second-order valence-electron chi connectivity index (χ2n) is 4.32. The Labute approximate surface area is 117 Å². The molecule has 1 aromatic rings. The van der Waals surface area contributed by atoms with Crippen molar-refractivity contribution in [1.29, 1.82) is 0 Å². The molecule has 0 aliphatic carbocycles. The highest BCUT2D eigenvalue weighted by Crippen LogP contribution is 2.15. The fourth-order valence-electron chi connectivity index (χ4n) is 1.40. The topological polar surface area (TPSA) is 111 Å². The number of likely N-dealkylation sites (N-methyl/N-ethyl adjacent to an activating group) is 2. The van der Waals surface area contributed by atoms with Gasteiger partial charge in [0.25, 0.3) is 0 Å². The number of carboxylic acids is 1. The van der Waals surface area contributed by atoms with Crippen molar-refractivity contribution in [2.45, 2.75) is 11.8 Å². The van der Waals surface area contributed by atoms with Crippen LogP contribution >= 0.6 is 0 Å². The van der Waals surface area contributed by atoms with Gasteiger partial charge in [-0.1, -0.05) is 0 Å². The van der Waals surface area contributed by atoms with Gasteiger partial charge in [0.1, 0.15) is 10.6 Å². The maximum absolute atomic E-state index is 12.2. The van der Waals surface area contributed by atoms with Crippen LogP contribution in [0, 0.1) is 0 Å². The Bertz CT molecular complexity index is 607. The second kappa shape index (κ2) is 6.06. The standard InChI is InChI=1S/C11H17N3O5S/c1-8(15)13(2)4-5-14(3)20(18,19)9-6-10(11(16)17)12-7-9/h6-7,12H,4-5H2,1-3H3,(H,16,17). The van der Waals surface area contributed by atoms with Crippen LogP contribution < -0.4 is 0 Å². The van der Waals surface area contributed by atoms with Crippen LogP contribution in [0.4, 0.5) is 0 Å². The monoisotopic (exact) mass is 303 g/mol. The average Bonchev–Trinajstić information content (AvgIpc) is 2.85. The highest BCUT2D eigenvalue weighted by molar-refractivity contribution is 7.89. The normalized spacial score (nSPS) is 11.6. The Morgan fingerprint density at radius 2 is 1.90 bits per heavy atom. The van der Waals surface area contributed by atoms with Crippen molar-refractivity contribution in [3.8, 4) is 0 Å². The Kier molecular flexibility index (Phi) is 4.90. The molecule has 112 valence electrons. The zero-order chi connectivity index (χ0) is 15.5. The number of carbonyl (C=O) groups excluding carboxylic acids is 1. The van der Waals surface area contributed by atoms with Gasteiger partial charge in [-0.15, -0.1) is 0 Å². The highest BCUT2D eigenvalue weighted by atomic mass is 32.2. The van der Waals surface area contributed by atoms with Crippen molar-refractivity contribution in [1.82, 2.24) is 14.2 Å². The molecule has 20 heavy (non-hydrogen) atoms. The molecule has 0 atom stereocenters. The van der Waals surface area contributed by atoms with E-state index < -0.39 is 16.0 Å². The Morgan fingerprint density at radius 3 is 2.35 bits per heavy atom. The van der Waals surface area contributed by atoms with Crippen LogP contribution in [0.5, 0.6) is 0 Å². The number of aromatic nitrogens is 1. The van der Waals surface area contributed by atoms with Crippen molar-refractivity contribution in [2.75, 3.05) is 27.2 Å². The quantitative estimate of drug-likeness (QED) is 0.757. The summed E-state index contributed by atoms with van der Waals surface area (Å²) in [7, 11) is -0.829. The summed E-state index contributed by atoms with van der Waals surface area (Å²) < 4.78 is 25.4. The molecule has 0 aliphatic heterocycles. The fourth-order valence-corrected chi connectivity index (χ4v) is 2.55. The molecule has 9 heteroatoms. The highest BCUT2D eigenvalue weighted by Gasteiger charge is 2.23. The summed E-state index contributed by atoms with van der Waals surface area (Å²) in [5.74, 6) is -1.39. The average molecular weight is 303 g/mol. The van der Waals surface area contributed by atoms with Gasteiger partial charge in [0.2, 0.25) is 15.9 Å². The molecule has 1 aromatic heterocycles. The van der Waals surface area contributed by atoms with Crippen molar-refractivity contribution in [3.05, 3.63) is 18.0 Å². The van der Waals surface area contributed by atoms with Gasteiger partial charge in [-0.2, -0.15) is 4.31 Å². The Morgan fingerprint density at radius 1 is 1.30 bits per heavy atom. The van der Waals surface area contributed by atoms with E-state index in [0.717, 1.165) is 16.6 Å². The molecule has 1 heterocycles. The van der Waals surface area contributed by atoms with Gasteiger partial charge >= 0.3 is 5.97 Å². The van der Waals surface area contributed by atoms with Crippen LogP contribution in [0.3, 0.4) is 0 Å². The molecular weight excluding hydrogens is 286 g/mol. The second-order valence-corrected chi connectivity index (χ2v) is 6.37. The maximum atomic E-state index is 12.2. The van der Waals surface area contributed by atoms with E-state index in [9.17, 15) is 18.0 Å². The van der Waals surface area contributed by atoms with E-state index in [1.807, 2.05) is 0 Å². The number of carboxylic acid groups (broad SMARTS) is 1. The van der Waals surface area contributed by atoms with Crippen LogP contribution in [0.25, 0.3) is 0 Å². The number of aromatic amines is 1. The van der Waals surface area contributed by atoms with Gasteiger partial charge in [-0.25, -0.2) is 13.2 Å². The Balaban J connectivity index is 2.81. The lowest BCUT2D eigenvalue weighted by Gasteiger charge is -2.20. The van der Waals surface area contributed by atoms with Crippen LogP contribution in [-0.4, -0.2) is 66.8 Å². The number of amides is 1. The zero-order valence-corrected chi connectivity index (χ0v) is 12.3. The molecule has 2 N–H and O–H groups in total. The third-order valence-corrected chi connectivity index (χ3v) is 4.72. The number of aromatic carboxylic acids is 1. The zero-order valence-electron chi connectivity index (χ0n) is 11.5. The molecule has 0 aromatic carbocycles. The summed E-state index contributed by atoms with van der Waals surface area (Å²) in [6.45, 7) is 1.76. The third-order valence-electron chi connectivity index (χ3n) is 2.88. The van der Waals surface area contributed by atoms with Crippen LogP contribution in [0.15, 0.2) is 17.2 Å². The van der Waals surface area contributed by atoms with E-state index in [0.29, 0.717) is 0 Å². The lowest BCUT2D eigenvalue weighted by molar-refractivity contribution is -0.127.